The zero-order valence-electron chi connectivity index (χ0n) is 9.90. The zero-order chi connectivity index (χ0) is 11.5. The summed E-state index contributed by atoms with van der Waals surface area (Å²) in [5, 5.41) is 0. The first kappa shape index (κ1) is 11.3. The van der Waals surface area contributed by atoms with Crippen molar-refractivity contribution in [3.8, 4) is 11.5 Å². The van der Waals surface area contributed by atoms with Crippen molar-refractivity contribution in [1.82, 2.24) is 0 Å². The molecular weight excluding hydrogens is 202 g/mol. The number of hydrogen-bond donors (Lipinski definition) is 1. The molecule has 1 aromatic carbocycles. The van der Waals surface area contributed by atoms with Crippen molar-refractivity contribution in [2.45, 2.75) is 32.7 Å². The molecule has 0 amide bonds. The normalized spacial score (nSPS) is 15.5. The van der Waals surface area contributed by atoms with E-state index in [-0.39, 0.29) is 6.04 Å². The van der Waals surface area contributed by atoms with Crippen LogP contribution < -0.4 is 15.2 Å². The van der Waals surface area contributed by atoms with Crippen LogP contribution in [0.4, 0.5) is 0 Å². The lowest BCUT2D eigenvalue weighted by molar-refractivity contribution is 0.174. The van der Waals surface area contributed by atoms with Gasteiger partial charge in [-0.2, -0.15) is 0 Å². The Balaban J connectivity index is 2.20. The second-order valence-electron chi connectivity index (χ2n) is 4.22. The summed E-state index contributed by atoms with van der Waals surface area (Å²) in [5.74, 6) is 2.17. The molecular formula is C13H19NO2. The quantitative estimate of drug-likeness (QED) is 0.850. The van der Waals surface area contributed by atoms with Crippen LogP contribution in [0.3, 0.4) is 0 Å². The molecule has 1 aliphatic heterocycles. The van der Waals surface area contributed by atoms with Crippen molar-refractivity contribution in [3.63, 3.8) is 0 Å². The average Bonchev–Trinajstić information content (AvgIpc) is 2.77. The largest absolute Gasteiger partial charge is 0.454 e. The molecule has 1 aliphatic rings. The number of benzene rings is 1. The second-order valence-corrected chi connectivity index (χ2v) is 4.22. The third-order valence-corrected chi connectivity index (χ3v) is 3.34. The predicted molar refractivity (Wildman–Crippen MR) is 63.6 cm³/mol. The monoisotopic (exact) mass is 221 g/mol. The Morgan fingerprint density at radius 3 is 2.56 bits per heavy atom. The minimum absolute atomic E-state index is 0.0875. The molecule has 0 fully saturated rings. The van der Waals surface area contributed by atoms with Crippen molar-refractivity contribution in [2.24, 2.45) is 11.7 Å². The van der Waals surface area contributed by atoms with Crippen LogP contribution in [-0.4, -0.2) is 6.79 Å². The van der Waals surface area contributed by atoms with Crippen molar-refractivity contribution in [1.29, 1.82) is 0 Å². The molecule has 1 heterocycles. The molecule has 16 heavy (non-hydrogen) atoms. The molecule has 2 rings (SSSR count). The van der Waals surface area contributed by atoms with Gasteiger partial charge in [-0.3, -0.25) is 0 Å². The smallest absolute Gasteiger partial charge is 0.231 e. The van der Waals surface area contributed by atoms with Crippen LogP contribution in [-0.2, 0) is 0 Å². The SMILES string of the molecule is CCC(CC)C(N)c1ccc2c(c1)OCO2. The van der Waals surface area contributed by atoms with Crippen LogP contribution in [0.1, 0.15) is 38.3 Å². The molecule has 0 bridgehead atoms. The van der Waals surface area contributed by atoms with Crippen LogP contribution in [0.25, 0.3) is 0 Å². The molecule has 1 unspecified atom stereocenters. The van der Waals surface area contributed by atoms with E-state index in [1.54, 1.807) is 0 Å². The lowest BCUT2D eigenvalue weighted by Gasteiger charge is -2.21. The molecule has 3 nitrogen and oxygen atoms in total. The molecule has 1 aromatic rings. The van der Waals surface area contributed by atoms with Crippen molar-refractivity contribution >= 4 is 0 Å². The highest BCUT2D eigenvalue weighted by Gasteiger charge is 2.20. The van der Waals surface area contributed by atoms with E-state index >= 15 is 0 Å². The van der Waals surface area contributed by atoms with Gasteiger partial charge in [-0.25, -0.2) is 0 Å². The van der Waals surface area contributed by atoms with Gasteiger partial charge in [0.25, 0.3) is 0 Å². The summed E-state index contributed by atoms with van der Waals surface area (Å²) in [4.78, 5) is 0. The molecule has 3 heteroatoms. The molecule has 0 aliphatic carbocycles. The van der Waals surface area contributed by atoms with Crippen LogP contribution in [0.2, 0.25) is 0 Å². The topological polar surface area (TPSA) is 44.5 Å². The van der Waals surface area contributed by atoms with Gasteiger partial charge in [-0.1, -0.05) is 32.8 Å². The van der Waals surface area contributed by atoms with Crippen LogP contribution in [0.5, 0.6) is 11.5 Å². The van der Waals surface area contributed by atoms with Gasteiger partial charge in [-0.05, 0) is 23.6 Å². The third-order valence-electron chi connectivity index (χ3n) is 3.34. The lowest BCUT2D eigenvalue weighted by atomic mass is 9.89. The van der Waals surface area contributed by atoms with Gasteiger partial charge in [0.05, 0.1) is 0 Å². The Kier molecular flexibility index (Phi) is 3.34. The van der Waals surface area contributed by atoms with Gasteiger partial charge in [0.15, 0.2) is 11.5 Å². The minimum atomic E-state index is 0.0875. The first-order valence-electron chi connectivity index (χ1n) is 5.91. The Morgan fingerprint density at radius 2 is 1.88 bits per heavy atom. The van der Waals surface area contributed by atoms with Gasteiger partial charge in [0, 0.05) is 6.04 Å². The molecule has 0 spiro atoms. The van der Waals surface area contributed by atoms with Gasteiger partial charge >= 0.3 is 0 Å². The van der Waals surface area contributed by atoms with E-state index < -0.39 is 0 Å². The van der Waals surface area contributed by atoms with Gasteiger partial charge in [-0.15, -0.1) is 0 Å². The molecule has 0 saturated heterocycles. The summed E-state index contributed by atoms with van der Waals surface area (Å²) in [6.07, 6.45) is 2.21. The summed E-state index contributed by atoms with van der Waals surface area (Å²) in [7, 11) is 0. The highest BCUT2D eigenvalue weighted by atomic mass is 16.7. The Morgan fingerprint density at radius 1 is 1.19 bits per heavy atom. The number of fused-ring (bicyclic) bond motifs is 1. The minimum Gasteiger partial charge on any atom is -0.454 e. The van der Waals surface area contributed by atoms with E-state index in [0.29, 0.717) is 12.7 Å². The fourth-order valence-electron chi connectivity index (χ4n) is 2.19. The molecule has 2 N–H and O–H groups in total. The van der Waals surface area contributed by atoms with Gasteiger partial charge < -0.3 is 15.2 Å². The number of hydrogen-bond acceptors (Lipinski definition) is 3. The Bertz CT molecular complexity index is 361. The van der Waals surface area contributed by atoms with Gasteiger partial charge in [0.2, 0.25) is 6.79 Å². The number of nitrogens with two attached hydrogens (primary N) is 1. The van der Waals surface area contributed by atoms with Crippen LogP contribution >= 0.6 is 0 Å². The average molecular weight is 221 g/mol. The van der Waals surface area contributed by atoms with Crippen molar-refractivity contribution < 1.29 is 9.47 Å². The third kappa shape index (κ3) is 2.00. The molecule has 0 radical (unpaired) electrons. The molecule has 0 saturated carbocycles. The summed E-state index contributed by atoms with van der Waals surface area (Å²) < 4.78 is 10.6. The maximum atomic E-state index is 6.26. The first-order chi connectivity index (χ1) is 7.76. The van der Waals surface area contributed by atoms with E-state index in [4.69, 9.17) is 15.2 Å². The fraction of sp³-hybridized carbons (Fsp3) is 0.538. The number of ether oxygens (including phenoxy) is 2. The number of rotatable bonds is 4. The summed E-state index contributed by atoms with van der Waals surface area (Å²) in [6.45, 7) is 4.68. The Labute approximate surface area is 96.5 Å². The van der Waals surface area contributed by atoms with E-state index in [1.165, 1.54) is 0 Å². The van der Waals surface area contributed by atoms with E-state index in [0.717, 1.165) is 29.9 Å². The van der Waals surface area contributed by atoms with Crippen LogP contribution in [0, 0.1) is 5.92 Å². The highest BCUT2D eigenvalue weighted by molar-refractivity contribution is 5.45. The highest BCUT2D eigenvalue weighted by Crippen LogP contribution is 2.35. The predicted octanol–water partition coefficient (Wildman–Crippen LogP) is 2.85. The van der Waals surface area contributed by atoms with E-state index in [1.807, 2.05) is 18.2 Å². The van der Waals surface area contributed by atoms with Crippen LogP contribution in [0.15, 0.2) is 18.2 Å². The molecule has 1 atom stereocenters. The molecule has 88 valence electrons. The standard InChI is InChI=1S/C13H19NO2/c1-3-9(4-2)13(14)10-5-6-11-12(7-10)16-8-15-11/h5-7,9,13H,3-4,8,14H2,1-2H3. The summed E-state index contributed by atoms with van der Waals surface area (Å²) >= 11 is 0. The lowest BCUT2D eigenvalue weighted by Crippen LogP contribution is -2.20. The van der Waals surface area contributed by atoms with E-state index in [9.17, 15) is 0 Å². The fourth-order valence-corrected chi connectivity index (χ4v) is 2.19. The Hall–Kier alpha value is -1.22. The summed E-state index contributed by atoms with van der Waals surface area (Å²) in [5.41, 5.74) is 7.39. The first-order valence-corrected chi connectivity index (χ1v) is 5.91. The van der Waals surface area contributed by atoms with Gasteiger partial charge in [0.1, 0.15) is 0 Å². The summed E-state index contributed by atoms with van der Waals surface area (Å²) in [6, 6.07) is 6.08. The van der Waals surface area contributed by atoms with Crippen molar-refractivity contribution in [3.05, 3.63) is 23.8 Å². The van der Waals surface area contributed by atoms with Crippen molar-refractivity contribution in [2.75, 3.05) is 6.79 Å². The second kappa shape index (κ2) is 4.74. The maximum absolute atomic E-state index is 6.26. The molecule has 0 aromatic heterocycles. The zero-order valence-corrected chi connectivity index (χ0v) is 9.90. The maximum Gasteiger partial charge on any atom is 0.231 e. The van der Waals surface area contributed by atoms with E-state index in [2.05, 4.69) is 13.8 Å².